The van der Waals surface area contributed by atoms with E-state index in [1.807, 2.05) is 0 Å². The van der Waals surface area contributed by atoms with E-state index in [9.17, 15) is 19.2 Å². The molecule has 0 aromatic carbocycles. The highest BCUT2D eigenvalue weighted by Gasteiger charge is 2.65. The van der Waals surface area contributed by atoms with E-state index in [4.69, 9.17) is 49.0 Å². The van der Waals surface area contributed by atoms with Crippen molar-refractivity contribution in [2.45, 2.75) is 49.1 Å². The number of β-lactam (4-membered cyclic amide) rings is 1. The number of fused-ring (bicyclic) bond motifs is 1. The summed E-state index contributed by atoms with van der Waals surface area (Å²) in [5, 5.41) is 0. The summed E-state index contributed by atoms with van der Waals surface area (Å²) in [5.41, 5.74) is 0. The predicted octanol–water partition coefficient (Wildman–Crippen LogP) is 0.950. The molecule has 0 saturated carbocycles. The first-order valence-corrected chi connectivity index (χ1v) is 8.02. The fourth-order valence-electron chi connectivity index (χ4n) is 2.74. The Morgan fingerprint density at radius 1 is 1.08 bits per heavy atom. The van der Waals surface area contributed by atoms with Crippen LogP contribution in [0.3, 0.4) is 0 Å². The van der Waals surface area contributed by atoms with E-state index < -0.39 is 58.0 Å². The number of esters is 2. The van der Waals surface area contributed by atoms with E-state index >= 15 is 0 Å². The lowest BCUT2D eigenvalue weighted by atomic mass is 9.82. The summed E-state index contributed by atoms with van der Waals surface area (Å²) in [7, 11) is 0. The van der Waals surface area contributed by atoms with Gasteiger partial charge in [-0.05, 0) is 6.92 Å². The van der Waals surface area contributed by atoms with Gasteiger partial charge in [-0.25, -0.2) is 0 Å². The molecule has 134 valence electrons. The highest BCUT2D eigenvalue weighted by molar-refractivity contribution is 6.76. The monoisotopic (exact) mass is 401 g/mol. The molecule has 0 bridgehead atoms. The number of ether oxygens (including phenoxy) is 3. The number of rotatable bonds is 2. The van der Waals surface area contributed by atoms with Gasteiger partial charge >= 0.3 is 11.9 Å². The summed E-state index contributed by atoms with van der Waals surface area (Å²) >= 11 is 16.6. The van der Waals surface area contributed by atoms with Gasteiger partial charge in [0.25, 0.3) is 9.70 Å². The molecule has 8 nitrogen and oxygen atoms in total. The first kappa shape index (κ1) is 19.2. The number of carbonyl (C=O) groups excluding carboxylic acids is 4. The standard InChI is InChI=1S/C13H14Cl3NO7/c1-4-8(23-5(2)18)9(24-6(3)19)7-10(20)17(11(7)22-4)12(21)13(14,15)16/h4,7-9,11H,1-3H3/t4-,7+,8-,9-,11+/m0/s1. The Morgan fingerprint density at radius 2 is 1.58 bits per heavy atom. The molecule has 0 aromatic rings. The Kier molecular flexibility index (Phi) is 5.34. The molecule has 11 heteroatoms. The van der Waals surface area contributed by atoms with Crippen LogP contribution in [0.2, 0.25) is 0 Å². The minimum atomic E-state index is -2.34. The lowest BCUT2D eigenvalue weighted by Gasteiger charge is -2.54. The molecule has 0 aromatic heterocycles. The number of nitrogens with zero attached hydrogens (tertiary/aromatic N) is 1. The zero-order chi connectivity index (χ0) is 18.4. The van der Waals surface area contributed by atoms with Crippen LogP contribution >= 0.6 is 34.8 Å². The van der Waals surface area contributed by atoms with Crippen molar-refractivity contribution >= 4 is 58.6 Å². The van der Waals surface area contributed by atoms with Crippen LogP contribution in [0.15, 0.2) is 0 Å². The topological polar surface area (TPSA) is 99.2 Å². The Morgan fingerprint density at radius 3 is 2.04 bits per heavy atom. The molecular weight excluding hydrogens is 389 g/mol. The third kappa shape index (κ3) is 3.46. The fraction of sp³-hybridized carbons (Fsp3) is 0.692. The molecular formula is C13H14Cl3NO7. The van der Waals surface area contributed by atoms with Gasteiger partial charge in [-0.3, -0.25) is 24.1 Å². The van der Waals surface area contributed by atoms with E-state index in [1.54, 1.807) is 6.92 Å². The number of alkyl halides is 3. The molecule has 0 N–H and O–H groups in total. The number of carbonyl (C=O) groups is 4. The average Bonchev–Trinajstić information content (AvgIpc) is 2.40. The van der Waals surface area contributed by atoms with Crippen molar-refractivity contribution in [1.29, 1.82) is 0 Å². The van der Waals surface area contributed by atoms with Gasteiger partial charge in [0.05, 0.1) is 6.10 Å². The van der Waals surface area contributed by atoms with Crippen LogP contribution in [0, 0.1) is 5.92 Å². The Balaban J connectivity index is 2.29. The third-order valence-corrected chi connectivity index (χ3v) is 4.13. The smallest absolute Gasteiger partial charge is 0.303 e. The molecule has 2 fully saturated rings. The number of hydrogen-bond donors (Lipinski definition) is 0. The lowest BCUT2D eigenvalue weighted by molar-refractivity contribution is -0.271. The SMILES string of the molecule is CC(=O)O[C@@H]1[C@@H](OC(C)=O)[C@H](C)O[C@@H]2[C@H]1C(=O)N2C(=O)C(Cl)(Cl)Cl. The van der Waals surface area contributed by atoms with Crippen molar-refractivity contribution in [2.75, 3.05) is 0 Å². The number of imide groups is 1. The first-order valence-electron chi connectivity index (χ1n) is 6.89. The quantitative estimate of drug-likeness (QED) is 0.385. The molecule has 24 heavy (non-hydrogen) atoms. The van der Waals surface area contributed by atoms with Crippen LogP contribution in [0.1, 0.15) is 20.8 Å². The predicted molar refractivity (Wildman–Crippen MR) is 81.1 cm³/mol. The first-order chi connectivity index (χ1) is 10.9. The second kappa shape index (κ2) is 6.67. The largest absolute Gasteiger partial charge is 0.457 e. The van der Waals surface area contributed by atoms with Crippen molar-refractivity contribution < 1.29 is 33.4 Å². The highest BCUT2D eigenvalue weighted by Crippen LogP contribution is 2.43. The molecule has 0 aliphatic carbocycles. The number of likely N-dealkylation sites (tertiary alicyclic amines) is 1. The van der Waals surface area contributed by atoms with Gasteiger partial charge in [0.2, 0.25) is 5.91 Å². The summed E-state index contributed by atoms with van der Waals surface area (Å²) in [6.45, 7) is 3.86. The van der Waals surface area contributed by atoms with E-state index in [1.165, 1.54) is 6.92 Å². The maximum Gasteiger partial charge on any atom is 0.303 e. The molecule has 2 amide bonds. The van der Waals surface area contributed by atoms with Crippen LogP contribution in [-0.2, 0) is 33.4 Å². The normalized spacial score (nSPS) is 32.5. The van der Waals surface area contributed by atoms with E-state index in [0.29, 0.717) is 4.90 Å². The van der Waals surface area contributed by atoms with Crippen molar-refractivity contribution in [3.05, 3.63) is 0 Å². The second-order valence-corrected chi connectivity index (χ2v) is 7.70. The molecule has 0 spiro atoms. The fourth-order valence-corrected chi connectivity index (χ4v) is 3.02. The van der Waals surface area contributed by atoms with Crippen LogP contribution in [0.5, 0.6) is 0 Å². The minimum Gasteiger partial charge on any atom is -0.457 e. The number of halogens is 3. The van der Waals surface area contributed by atoms with Gasteiger partial charge in [-0.1, -0.05) is 34.8 Å². The van der Waals surface area contributed by atoms with Crippen molar-refractivity contribution in [3.63, 3.8) is 0 Å². The zero-order valence-corrected chi connectivity index (χ0v) is 15.1. The Hall–Kier alpha value is -1.09. The van der Waals surface area contributed by atoms with Crippen molar-refractivity contribution in [2.24, 2.45) is 5.92 Å². The number of amides is 2. The summed E-state index contributed by atoms with van der Waals surface area (Å²) in [5.74, 6) is -4.16. The maximum atomic E-state index is 12.3. The average molecular weight is 403 g/mol. The summed E-state index contributed by atoms with van der Waals surface area (Å²) in [4.78, 5) is 47.6. The van der Waals surface area contributed by atoms with Gasteiger partial charge in [-0.2, -0.15) is 0 Å². The van der Waals surface area contributed by atoms with Gasteiger partial charge in [0, 0.05) is 13.8 Å². The zero-order valence-electron chi connectivity index (χ0n) is 12.8. The van der Waals surface area contributed by atoms with Crippen LogP contribution in [0.25, 0.3) is 0 Å². The Bertz CT molecular complexity index is 591. The van der Waals surface area contributed by atoms with Crippen LogP contribution < -0.4 is 0 Å². The van der Waals surface area contributed by atoms with Gasteiger partial charge < -0.3 is 14.2 Å². The van der Waals surface area contributed by atoms with Crippen LogP contribution in [-0.4, -0.2) is 57.0 Å². The van der Waals surface area contributed by atoms with E-state index in [2.05, 4.69) is 0 Å². The van der Waals surface area contributed by atoms with E-state index in [0.717, 1.165) is 6.92 Å². The van der Waals surface area contributed by atoms with Crippen molar-refractivity contribution in [1.82, 2.24) is 4.90 Å². The summed E-state index contributed by atoms with van der Waals surface area (Å²) < 4.78 is 13.5. The molecule has 2 aliphatic heterocycles. The number of hydrogen-bond acceptors (Lipinski definition) is 7. The minimum absolute atomic E-state index is 0.632. The van der Waals surface area contributed by atoms with E-state index in [-0.39, 0.29) is 0 Å². The second-order valence-electron chi connectivity index (χ2n) is 5.42. The van der Waals surface area contributed by atoms with Gasteiger partial charge in [-0.15, -0.1) is 0 Å². The maximum absolute atomic E-state index is 12.3. The molecule has 0 unspecified atom stereocenters. The van der Waals surface area contributed by atoms with Crippen LogP contribution in [0.4, 0.5) is 0 Å². The van der Waals surface area contributed by atoms with Crippen molar-refractivity contribution in [3.8, 4) is 0 Å². The third-order valence-electron chi connectivity index (χ3n) is 3.64. The molecule has 2 saturated heterocycles. The van der Waals surface area contributed by atoms with Gasteiger partial charge in [0.15, 0.2) is 18.4 Å². The molecule has 0 radical (unpaired) electrons. The highest BCUT2D eigenvalue weighted by atomic mass is 35.6. The molecule has 5 atom stereocenters. The molecule has 2 rings (SSSR count). The molecule has 2 aliphatic rings. The summed E-state index contributed by atoms with van der Waals surface area (Å²) in [6.07, 6.45) is -3.95. The lowest BCUT2D eigenvalue weighted by Crippen LogP contribution is -2.75. The Labute approximate surface area is 152 Å². The molecule has 2 heterocycles. The summed E-state index contributed by atoms with van der Waals surface area (Å²) in [6, 6.07) is 0. The van der Waals surface area contributed by atoms with Gasteiger partial charge in [0.1, 0.15) is 5.92 Å².